The summed E-state index contributed by atoms with van der Waals surface area (Å²) in [6.07, 6.45) is 4.77. The van der Waals surface area contributed by atoms with Crippen LogP contribution in [0.25, 0.3) is 33.6 Å². The molecule has 0 saturated carbocycles. The maximum atomic E-state index is 12.4. The number of hydrogen-bond acceptors (Lipinski definition) is 7. The summed E-state index contributed by atoms with van der Waals surface area (Å²) in [6, 6.07) is 17.3. The SMILES string of the molecule is CN(C)C/C=C/C(=O)Nc1cccc(-c2c(-c3ccccc3)oc3ncnc(NCCO)c23)c1. The maximum absolute atomic E-state index is 12.4. The van der Waals surface area contributed by atoms with Crippen molar-refractivity contribution >= 4 is 28.5 Å². The molecule has 174 valence electrons. The third-order valence-corrected chi connectivity index (χ3v) is 5.09. The van der Waals surface area contributed by atoms with Crippen LogP contribution in [0.4, 0.5) is 11.5 Å². The Morgan fingerprint density at radius 2 is 1.88 bits per heavy atom. The predicted molar refractivity (Wildman–Crippen MR) is 135 cm³/mol. The van der Waals surface area contributed by atoms with Crippen molar-refractivity contribution in [3.63, 3.8) is 0 Å². The Morgan fingerprint density at radius 1 is 1.09 bits per heavy atom. The molecule has 1 amide bonds. The van der Waals surface area contributed by atoms with Crippen molar-refractivity contribution in [2.75, 3.05) is 44.4 Å². The fourth-order valence-electron chi connectivity index (χ4n) is 3.62. The van der Waals surface area contributed by atoms with Crippen LogP contribution >= 0.6 is 0 Å². The first kappa shape index (κ1) is 23.2. The van der Waals surface area contributed by atoms with Crippen molar-refractivity contribution in [2.45, 2.75) is 0 Å². The van der Waals surface area contributed by atoms with Crippen LogP contribution in [0.3, 0.4) is 0 Å². The van der Waals surface area contributed by atoms with Gasteiger partial charge < -0.3 is 25.1 Å². The highest BCUT2D eigenvalue weighted by Crippen LogP contribution is 2.43. The fourth-order valence-corrected chi connectivity index (χ4v) is 3.62. The molecule has 3 N–H and O–H groups in total. The molecule has 0 unspecified atom stereocenters. The summed E-state index contributed by atoms with van der Waals surface area (Å²) in [5.74, 6) is 1.02. The molecule has 2 aromatic heterocycles. The lowest BCUT2D eigenvalue weighted by Crippen LogP contribution is -2.12. The van der Waals surface area contributed by atoms with E-state index in [0.29, 0.717) is 41.5 Å². The highest BCUT2D eigenvalue weighted by molar-refractivity contribution is 6.06. The maximum Gasteiger partial charge on any atom is 0.248 e. The van der Waals surface area contributed by atoms with E-state index >= 15 is 0 Å². The van der Waals surface area contributed by atoms with E-state index in [9.17, 15) is 9.90 Å². The number of benzene rings is 2. The minimum absolute atomic E-state index is 0.0346. The molecule has 0 aliphatic rings. The fraction of sp³-hybridized carbons (Fsp3) is 0.192. The van der Waals surface area contributed by atoms with E-state index in [-0.39, 0.29) is 12.5 Å². The lowest BCUT2D eigenvalue weighted by Gasteiger charge is -2.09. The molecule has 2 aromatic carbocycles. The van der Waals surface area contributed by atoms with E-state index < -0.39 is 0 Å². The zero-order valence-corrected chi connectivity index (χ0v) is 19.2. The van der Waals surface area contributed by atoms with Gasteiger partial charge in [-0.1, -0.05) is 48.5 Å². The Morgan fingerprint density at radius 3 is 2.65 bits per heavy atom. The van der Waals surface area contributed by atoms with Gasteiger partial charge in [0.2, 0.25) is 11.6 Å². The van der Waals surface area contributed by atoms with Crippen molar-refractivity contribution < 1.29 is 14.3 Å². The second kappa shape index (κ2) is 10.7. The largest absolute Gasteiger partial charge is 0.437 e. The molecule has 0 fully saturated rings. The van der Waals surface area contributed by atoms with Gasteiger partial charge in [0, 0.05) is 36.0 Å². The van der Waals surface area contributed by atoms with Gasteiger partial charge in [0.25, 0.3) is 0 Å². The van der Waals surface area contributed by atoms with Gasteiger partial charge in [-0.3, -0.25) is 4.79 Å². The van der Waals surface area contributed by atoms with Crippen molar-refractivity contribution in [2.24, 2.45) is 0 Å². The standard InChI is InChI=1S/C26H27N5O3/c1-31(2)14-7-12-21(33)30-20-11-6-10-19(16-20)22-23-25(27-13-15-32)28-17-29-26(23)34-24(22)18-8-4-3-5-9-18/h3-12,16-17,32H,13-15H2,1-2H3,(H,30,33)(H,27,28,29)/b12-7+. The quantitative estimate of drug-likeness (QED) is 0.326. The molecular formula is C26H27N5O3. The van der Waals surface area contributed by atoms with E-state index in [2.05, 4.69) is 20.6 Å². The van der Waals surface area contributed by atoms with E-state index in [1.54, 1.807) is 0 Å². The summed E-state index contributed by atoms with van der Waals surface area (Å²) in [6.45, 7) is 0.985. The molecule has 0 aliphatic heterocycles. The summed E-state index contributed by atoms with van der Waals surface area (Å²) in [5, 5.41) is 16.1. The molecule has 0 bridgehead atoms. The number of anilines is 2. The van der Waals surface area contributed by atoms with Crippen LogP contribution in [0, 0.1) is 0 Å². The van der Waals surface area contributed by atoms with Crippen LogP contribution in [0.5, 0.6) is 0 Å². The Kier molecular flexibility index (Phi) is 7.31. The average Bonchev–Trinajstić information content (AvgIpc) is 3.23. The highest BCUT2D eigenvalue weighted by atomic mass is 16.3. The number of aromatic nitrogens is 2. The molecule has 34 heavy (non-hydrogen) atoms. The Balaban J connectivity index is 1.79. The number of aliphatic hydroxyl groups excluding tert-OH is 1. The second-order valence-electron chi connectivity index (χ2n) is 7.96. The van der Waals surface area contributed by atoms with Gasteiger partial charge in [-0.25, -0.2) is 9.97 Å². The van der Waals surface area contributed by atoms with Crippen molar-refractivity contribution in [3.05, 3.63) is 73.1 Å². The van der Waals surface area contributed by atoms with E-state index in [0.717, 1.165) is 16.7 Å². The molecule has 0 aliphatic carbocycles. The molecule has 0 saturated heterocycles. The minimum atomic E-state index is -0.201. The lowest BCUT2D eigenvalue weighted by atomic mass is 9.99. The predicted octanol–water partition coefficient (Wildman–Crippen LogP) is 4.02. The number of aliphatic hydroxyl groups is 1. The number of hydrogen-bond donors (Lipinski definition) is 3. The third kappa shape index (κ3) is 5.31. The first-order valence-corrected chi connectivity index (χ1v) is 11.0. The van der Waals surface area contributed by atoms with E-state index in [1.165, 1.54) is 12.4 Å². The monoisotopic (exact) mass is 457 g/mol. The van der Waals surface area contributed by atoms with Crippen LogP contribution < -0.4 is 10.6 Å². The molecular weight excluding hydrogens is 430 g/mol. The van der Waals surface area contributed by atoms with E-state index in [4.69, 9.17) is 4.42 Å². The molecule has 0 spiro atoms. The number of rotatable bonds is 9. The average molecular weight is 458 g/mol. The number of carbonyl (C=O) groups is 1. The van der Waals surface area contributed by atoms with Gasteiger partial charge in [-0.05, 0) is 31.8 Å². The van der Waals surface area contributed by atoms with Crippen LogP contribution in [0.15, 0.2) is 77.5 Å². The van der Waals surface area contributed by atoms with Gasteiger partial charge >= 0.3 is 0 Å². The van der Waals surface area contributed by atoms with Crippen molar-refractivity contribution in [3.8, 4) is 22.5 Å². The number of carbonyl (C=O) groups excluding carboxylic acids is 1. The summed E-state index contributed by atoms with van der Waals surface area (Å²) in [7, 11) is 3.89. The van der Waals surface area contributed by atoms with E-state index in [1.807, 2.05) is 79.7 Å². The first-order chi connectivity index (χ1) is 16.6. The van der Waals surface area contributed by atoms with Crippen LogP contribution in [-0.4, -0.2) is 59.7 Å². The molecule has 2 heterocycles. The lowest BCUT2D eigenvalue weighted by molar-refractivity contribution is -0.111. The van der Waals surface area contributed by atoms with Crippen LogP contribution in [0.2, 0.25) is 0 Å². The van der Waals surface area contributed by atoms with Crippen molar-refractivity contribution in [1.82, 2.24) is 14.9 Å². The summed E-state index contributed by atoms with van der Waals surface area (Å²) >= 11 is 0. The van der Waals surface area contributed by atoms with Crippen LogP contribution in [-0.2, 0) is 4.79 Å². The van der Waals surface area contributed by atoms with Crippen LogP contribution in [0.1, 0.15) is 0 Å². The molecule has 8 heteroatoms. The van der Waals surface area contributed by atoms with Gasteiger partial charge in [0.15, 0.2) is 0 Å². The number of furan rings is 1. The Hall–Kier alpha value is -4.01. The summed E-state index contributed by atoms with van der Waals surface area (Å²) in [5.41, 5.74) is 3.64. The normalized spacial score (nSPS) is 11.4. The van der Waals surface area contributed by atoms with Gasteiger partial charge in [-0.2, -0.15) is 0 Å². The van der Waals surface area contributed by atoms with Gasteiger partial charge in [-0.15, -0.1) is 0 Å². The van der Waals surface area contributed by atoms with Crippen molar-refractivity contribution in [1.29, 1.82) is 0 Å². The van der Waals surface area contributed by atoms with Gasteiger partial charge in [0.05, 0.1) is 12.0 Å². The molecule has 4 rings (SSSR count). The number of amides is 1. The molecule has 4 aromatic rings. The Labute approximate surface area is 198 Å². The third-order valence-electron chi connectivity index (χ3n) is 5.09. The zero-order valence-electron chi connectivity index (χ0n) is 19.2. The smallest absolute Gasteiger partial charge is 0.248 e. The number of nitrogens with one attached hydrogen (secondary N) is 2. The molecule has 8 nitrogen and oxygen atoms in total. The Bertz CT molecular complexity index is 1300. The number of fused-ring (bicyclic) bond motifs is 1. The molecule has 0 atom stereocenters. The number of nitrogens with zero attached hydrogens (tertiary/aromatic N) is 3. The highest BCUT2D eigenvalue weighted by Gasteiger charge is 2.22. The zero-order chi connectivity index (χ0) is 23.9. The summed E-state index contributed by atoms with van der Waals surface area (Å²) in [4.78, 5) is 23.1. The second-order valence-corrected chi connectivity index (χ2v) is 7.96. The topological polar surface area (TPSA) is 104 Å². The van der Waals surface area contributed by atoms with Gasteiger partial charge in [0.1, 0.15) is 17.9 Å². The minimum Gasteiger partial charge on any atom is -0.437 e. The first-order valence-electron chi connectivity index (χ1n) is 11.0. The molecule has 0 radical (unpaired) electrons. The summed E-state index contributed by atoms with van der Waals surface area (Å²) < 4.78 is 6.20. The number of likely N-dealkylation sites (N-methyl/N-ethyl adjacent to an activating group) is 1.